The smallest absolute Gasteiger partial charge is 0.283 e. The Morgan fingerprint density at radius 1 is 1.50 bits per heavy atom. The molecule has 2 N–H and O–H groups in total. The van der Waals surface area contributed by atoms with Crippen LogP contribution in [0.3, 0.4) is 0 Å². The second kappa shape index (κ2) is 2.73. The van der Waals surface area contributed by atoms with Crippen molar-refractivity contribution in [2.45, 2.75) is 26.4 Å². The van der Waals surface area contributed by atoms with E-state index in [9.17, 15) is 4.79 Å². The van der Waals surface area contributed by atoms with Crippen molar-refractivity contribution in [2.75, 3.05) is 0 Å². The molecule has 0 saturated heterocycles. The van der Waals surface area contributed by atoms with Crippen LogP contribution in [0, 0.1) is 0 Å². The zero-order valence-corrected chi connectivity index (χ0v) is 6.60. The van der Waals surface area contributed by atoms with E-state index in [1.807, 2.05) is 20.8 Å². The molecular weight excluding hydrogens is 130 g/mol. The van der Waals surface area contributed by atoms with Gasteiger partial charge < -0.3 is 10.5 Å². The van der Waals surface area contributed by atoms with Crippen molar-refractivity contribution in [3.63, 3.8) is 0 Å². The van der Waals surface area contributed by atoms with Crippen molar-refractivity contribution in [1.82, 2.24) is 0 Å². The van der Waals surface area contributed by atoms with Gasteiger partial charge in [-0.3, -0.25) is 4.79 Å². The summed E-state index contributed by atoms with van der Waals surface area (Å²) in [6.45, 7) is 8.80. The predicted molar refractivity (Wildman–Crippen MR) is 39.2 cm³/mol. The second-order valence-corrected chi connectivity index (χ2v) is 3.00. The van der Waals surface area contributed by atoms with Gasteiger partial charge in [-0.2, -0.15) is 0 Å². The summed E-state index contributed by atoms with van der Waals surface area (Å²) in [5.41, 5.74) is 4.48. The van der Waals surface area contributed by atoms with Crippen LogP contribution in [0.25, 0.3) is 0 Å². The third-order valence-corrected chi connectivity index (χ3v) is 0.704. The van der Waals surface area contributed by atoms with E-state index >= 15 is 0 Å². The summed E-state index contributed by atoms with van der Waals surface area (Å²) in [5, 5.41) is 0. The van der Waals surface area contributed by atoms with E-state index in [2.05, 4.69) is 6.58 Å². The second-order valence-electron chi connectivity index (χ2n) is 3.00. The molecule has 0 aliphatic heterocycles. The van der Waals surface area contributed by atoms with E-state index in [4.69, 9.17) is 10.5 Å². The first-order chi connectivity index (χ1) is 4.33. The Morgan fingerprint density at radius 2 is 1.90 bits per heavy atom. The molecule has 0 aromatic heterocycles. The van der Waals surface area contributed by atoms with E-state index in [0.717, 1.165) is 0 Å². The van der Waals surface area contributed by atoms with Crippen LogP contribution in [-0.2, 0) is 9.53 Å². The van der Waals surface area contributed by atoms with Crippen LogP contribution in [0.2, 0.25) is 0 Å². The maximum Gasteiger partial charge on any atom is 0.283 e. The van der Waals surface area contributed by atoms with Crippen LogP contribution in [0.5, 0.6) is 0 Å². The van der Waals surface area contributed by atoms with E-state index in [1.165, 1.54) is 0 Å². The molecule has 0 atom stereocenters. The Hall–Kier alpha value is -0.990. The SMILES string of the molecule is C=C(OC(C)(C)C)C(N)=O. The predicted octanol–water partition coefficient (Wildman–Crippen LogP) is 0.800. The minimum atomic E-state index is -0.616. The first-order valence-corrected chi connectivity index (χ1v) is 3.00. The largest absolute Gasteiger partial charge is 0.483 e. The molecular formula is C7H13NO2. The van der Waals surface area contributed by atoms with Gasteiger partial charge in [0, 0.05) is 0 Å². The van der Waals surface area contributed by atoms with Crippen LogP contribution < -0.4 is 5.73 Å². The fourth-order valence-electron chi connectivity index (χ4n) is 0.420. The van der Waals surface area contributed by atoms with Crippen molar-refractivity contribution < 1.29 is 9.53 Å². The van der Waals surface area contributed by atoms with Crippen molar-refractivity contribution in [2.24, 2.45) is 5.73 Å². The van der Waals surface area contributed by atoms with Gasteiger partial charge in [0.15, 0.2) is 5.76 Å². The van der Waals surface area contributed by atoms with Gasteiger partial charge in [-0.05, 0) is 20.8 Å². The van der Waals surface area contributed by atoms with Gasteiger partial charge in [-0.15, -0.1) is 0 Å². The molecule has 1 amide bonds. The Kier molecular flexibility index (Phi) is 2.46. The normalized spacial score (nSPS) is 10.7. The first-order valence-electron chi connectivity index (χ1n) is 3.00. The van der Waals surface area contributed by atoms with Crippen molar-refractivity contribution >= 4 is 5.91 Å². The summed E-state index contributed by atoms with van der Waals surface area (Å²) in [7, 11) is 0. The van der Waals surface area contributed by atoms with E-state index in [0.29, 0.717) is 0 Å². The first kappa shape index (κ1) is 9.01. The van der Waals surface area contributed by atoms with E-state index < -0.39 is 11.5 Å². The monoisotopic (exact) mass is 143 g/mol. The standard InChI is InChI=1S/C7H13NO2/c1-5(6(8)9)10-7(2,3)4/h1H2,2-4H3,(H2,8,9). The molecule has 0 unspecified atom stereocenters. The zero-order chi connectivity index (χ0) is 8.36. The molecule has 0 aromatic rings. The Labute approximate surface area is 60.9 Å². The highest BCUT2D eigenvalue weighted by Gasteiger charge is 2.14. The number of amides is 1. The number of hydrogen-bond acceptors (Lipinski definition) is 2. The lowest BCUT2D eigenvalue weighted by molar-refractivity contribution is -0.120. The molecule has 0 aliphatic carbocycles. The molecule has 0 aromatic carbocycles. The van der Waals surface area contributed by atoms with Crippen molar-refractivity contribution in [1.29, 1.82) is 0 Å². The highest BCUT2D eigenvalue weighted by molar-refractivity contribution is 5.89. The average molecular weight is 143 g/mol. The molecule has 0 rings (SSSR count). The molecule has 0 bridgehead atoms. The van der Waals surface area contributed by atoms with Gasteiger partial charge in [0.2, 0.25) is 0 Å². The lowest BCUT2D eigenvalue weighted by Gasteiger charge is -2.20. The fourth-order valence-corrected chi connectivity index (χ4v) is 0.420. The number of hydrogen-bond donors (Lipinski definition) is 1. The average Bonchev–Trinajstić information content (AvgIpc) is 1.60. The topological polar surface area (TPSA) is 52.3 Å². The number of nitrogens with two attached hydrogens (primary N) is 1. The van der Waals surface area contributed by atoms with Crippen molar-refractivity contribution in [3.8, 4) is 0 Å². The van der Waals surface area contributed by atoms with E-state index in [-0.39, 0.29) is 5.76 Å². The van der Waals surface area contributed by atoms with Gasteiger partial charge in [-0.25, -0.2) is 0 Å². The number of carbonyl (C=O) groups is 1. The van der Waals surface area contributed by atoms with Gasteiger partial charge in [-0.1, -0.05) is 6.58 Å². The van der Waals surface area contributed by atoms with Crippen molar-refractivity contribution in [3.05, 3.63) is 12.3 Å². The highest BCUT2D eigenvalue weighted by Crippen LogP contribution is 2.11. The van der Waals surface area contributed by atoms with Crippen LogP contribution in [0.4, 0.5) is 0 Å². The summed E-state index contributed by atoms with van der Waals surface area (Å²) in [6, 6.07) is 0. The molecule has 10 heavy (non-hydrogen) atoms. The summed E-state index contributed by atoms with van der Waals surface area (Å²) in [6.07, 6.45) is 0. The third-order valence-electron chi connectivity index (χ3n) is 0.704. The lowest BCUT2D eigenvalue weighted by Crippen LogP contribution is -2.25. The van der Waals surface area contributed by atoms with Gasteiger partial charge >= 0.3 is 0 Å². The van der Waals surface area contributed by atoms with Crippen LogP contribution in [-0.4, -0.2) is 11.5 Å². The van der Waals surface area contributed by atoms with Gasteiger partial charge in [0.25, 0.3) is 5.91 Å². The van der Waals surface area contributed by atoms with E-state index in [1.54, 1.807) is 0 Å². The third kappa shape index (κ3) is 3.95. The quantitative estimate of drug-likeness (QED) is 0.459. The minimum absolute atomic E-state index is 0.00694. The van der Waals surface area contributed by atoms with Crippen LogP contribution in [0.1, 0.15) is 20.8 Å². The molecule has 0 saturated carbocycles. The summed E-state index contributed by atoms with van der Waals surface area (Å²) in [5.74, 6) is -0.609. The maximum absolute atomic E-state index is 10.4. The molecule has 3 nitrogen and oxygen atoms in total. The van der Waals surface area contributed by atoms with Gasteiger partial charge in [0.05, 0.1) is 0 Å². The molecule has 0 radical (unpaired) electrons. The molecule has 0 aliphatic rings. The minimum Gasteiger partial charge on any atom is -0.483 e. The molecule has 0 fully saturated rings. The maximum atomic E-state index is 10.4. The van der Waals surface area contributed by atoms with Crippen LogP contribution in [0.15, 0.2) is 12.3 Å². The summed E-state index contributed by atoms with van der Waals surface area (Å²) < 4.78 is 5.03. The number of rotatable bonds is 2. The molecule has 0 heterocycles. The fraction of sp³-hybridized carbons (Fsp3) is 0.571. The highest BCUT2D eigenvalue weighted by atomic mass is 16.5. The summed E-state index contributed by atoms with van der Waals surface area (Å²) in [4.78, 5) is 10.4. The number of ether oxygens (including phenoxy) is 1. The molecule has 58 valence electrons. The Balaban J connectivity index is 3.93. The molecule has 0 spiro atoms. The lowest BCUT2D eigenvalue weighted by atomic mass is 10.2. The van der Waals surface area contributed by atoms with Crippen LogP contribution >= 0.6 is 0 Å². The molecule has 3 heteroatoms. The number of carbonyl (C=O) groups excluding carboxylic acids is 1. The van der Waals surface area contributed by atoms with Gasteiger partial charge in [0.1, 0.15) is 5.60 Å². The summed E-state index contributed by atoms with van der Waals surface area (Å²) >= 11 is 0. The Bertz CT molecular complexity index is 155. The Morgan fingerprint density at radius 3 is 2.00 bits per heavy atom. The number of primary amides is 1. The zero-order valence-electron chi connectivity index (χ0n) is 6.60.